The van der Waals surface area contributed by atoms with Crippen molar-refractivity contribution in [3.8, 4) is 78.7 Å². The number of benzene rings is 9. The first-order chi connectivity index (χ1) is 33.0. The molecule has 2 aromatic heterocycles. The van der Waals surface area contributed by atoms with Crippen LogP contribution in [0.4, 0.5) is 0 Å². The van der Waals surface area contributed by atoms with Crippen molar-refractivity contribution in [1.82, 2.24) is 9.13 Å². The molecule has 68 heavy (non-hydrogen) atoms. The summed E-state index contributed by atoms with van der Waals surface area (Å²) < 4.78 is 4.91. The zero-order chi connectivity index (χ0) is 46.6. The SMILES string of the molecule is CC(C)(C)c1ccc(-c2cc(-n3c(-c4ccccc4)ccc3-c3ccccc3)cc3cc4c(-c5ccc(C(C)(C)C)cc5)cc(-n5c(-c6ccccc6)ccc5-c5ccccc5)cc4cc23)cc1. The molecule has 0 amide bonds. The minimum atomic E-state index is 0.0342. The number of hydrogen-bond donors (Lipinski definition) is 0. The molecule has 0 atom stereocenters. The van der Waals surface area contributed by atoms with Crippen molar-refractivity contribution in [2.75, 3.05) is 0 Å². The molecule has 9 aromatic carbocycles. The van der Waals surface area contributed by atoms with Gasteiger partial charge >= 0.3 is 0 Å². The predicted octanol–water partition coefficient (Wildman–Crippen LogP) is 18.2. The molecule has 330 valence electrons. The van der Waals surface area contributed by atoms with Crippen LogP contribution in [0.1, 0.15) is 52.7 Å². The first kappa shape index (κ1) is 42.7. The van der Waals surface area contributed by atoms with Crippen molar-refractivity contribution < 1.29 is 0 Å². The van der Waals surface area contributed by atoms with E-state index < -0.39 is 0 Å². The van der Waals surface area contributed by atoms with Gasteiger partial charge in [0.1, 0.15) is 0 Å². The lowest BCUT2D eigenvalue weighted by Crippen LogP contribution is -2.10. The van der Waals surface area contributed by atoms with E-state index in [4.69, 9.17) is 0 Å². The first-order valence-electron chi connectivity index (χ1n) is 23.9. The Hall–Kier alpha value is -7.94. The van der Waals surface area contributed by atoms with Crippen LogP contribution in [-0.4, -0.2) is 9.13 Å². The maximum Gasteiger partial charge on any atom is 0.0535 e. The van der Waals surface area contributed by atoms with Crippen molar-refractivity contribution in [3.05, 3.63) is 242 Å². The van der Waals surface area contributed by atoms with Gasteiger partial charge in [-0.2, -0.15) is 0 Å². The maximum absolute atomic E-state index is 2.46. The zero-order valence-corrected chi connectivity index (χ0v) is 39.8. The molecule has 0 aliphatic heterocycles. The van der Waals surface area contributed by atoms with Gasteiger partial charge in [-0.25, -0.2) is 0 Å². The van der Waals surface area contributed by atoms with Crippen molar-refractivity contribution >= 4 is 21.5 Å². The number of nitrogens with zero attached hydrogens (tertiary/aromatic N) is 2. The number of hydrogen-bond acceptors (Lipinski definition) is 0. The summed E-state index contributed by atoms with van der Waals surface area (Å²) in [6.45, 7) is 13.7. The summed E-state index contributed by atoms with van der Waals surface area (Å²) in [4.78, 5) is 0. The fourth-order valence-electron chi connectivity index (χ4n) is 9.99. The van der Waals surface area contributed by atoms with Gasteiger partial charge in [-0.3, -0.25) is 0 Å². The van der Waals surface area contributed by atoms with Gasteiger partial charge in [0.25, 0.3) is 0 Å². The van der Waals surface area contributed by atoms with Crippen LogP contribution in [0, 0.1) is 0 Å². The van der Waals surface area contributed by atoms with E-state index in [0.717, 1.165) is 34.2 Å². The maximum atomic E-state index is 2.46. The van der Waals surface area contributed by atoms with Gasteiger partial charge in [0, 0.05) is 11.4 Å². The van der Waals surface area contributed by atoms with Gasteiger partial charge in [-0.1, -0.05) is 211 Å². The van der Waals surface area contributed by atoms with E-state index in [1.807, 2.05) is 0 Å². The Balaban J connectivity index is 1.23. The minimum absolute atomic E-state index is 0.0342. The normalized spacial score (nSPS) is 12.0. The van der Waals surface area contributed by atoms with Gasteiger partial charge in [0.2, 0.25) is 0 Å². The average molecular weight is 877 g/mol. The molecule has 0 aliphatic carbocycles. The van der Waals surface area contributed by atoms with Gasteiger partial charge in [0.15, 0.2) is 0 Å². The molecule has 0 fully saturated rings. The lowest BCUT2D eigenvalue weighted by molar-refractivity contribution is 0.590. The molecule has 2 nitrogen and oxygen atoms in total. The summed E-state index contributed by atoms with van der Waals surface area (Å²) in [5.74, 6) is 0. The van der Waals surface area contributed by atoms with Crippen LogP contribution in [0.25, 0.3) is 100 Å². The van der Waals surface area contributed by atoms with Crippen LogP contribution in [0.15, 0.2) is 231 Å². The highest BCUT2D eigenvalue weighted by molar-refractivity contribution is 6.10. The highest BCUT2D eigenvalue weighted by atomic mass is 15.0. The van der Waals surface area contributed by atoms with Gasteiger partial charge in [0.05, 0.1) is 22.8 Å². The van der Waals surface area contributed by atoms with Crippen molar-refractivity contribution in [1.29, 1.82) is 0 Å². The second-order valence-electron chi connectivity index (χ2n) is 20.3. The Kier molecular flexibility index (Phi) is 10.7. The lowest BCUT2D eigenvalue weighted by Gasteiger charge is -2.22. The Morgan fingerprint density at radius 2 is 0.544 bits per heavy atom. The molecule has 0 saturated carbocycles. The lowest BCUT2D eigenvalue weighted by atomic mass is 9.85. The molecule has 11 aromatic rings. The Morgan fingerprint density at radius 3 is 0.809 bits per heavy atom. The molecular weight excluding hydrogens is 821 g/mol. The summed E-state index contributed by atoms with van der Waals surface area (Å²) in [6, 6.07) is 85.4. The van der Waals surface area contributed by atoms with Crippen molar-refractivity contribution in [2.24, 2.45) is 0 Å². The van der Waals surface area contributed by atoms with E-state index in [2.05, 4.69) is 281 Å². The van der Waals surface area contributed by atoms with Crippen molar-refractivity contribution in [3.63, 3.8) is 0 Å². The summed E-state index contributed by atoms with van der Waals surface area (Å²) in [5, 5.41) is 4.80. The molecule has 0 aliphatic rings. The molecule has 0 bridgehead atoms. The summed E-state index contributed by atoms with van der Waals surface area (Å²) in [7, 11) is 0. The monoisotopic (exact) mass is 876 g/mol. The van der Waals surface area contributed by atoms with E-state index in [0.29, 0.717) is 0 Å². The molecule has 11 rings (SSSR count). The Bertz CT molecular complexity index is 3210. The summed E-state index contributed by atoms with van der Waals surface area (Å²) >= 11 is 0. The van der Waals surface area contributed by atoms with Crippen LogP contribution < -0.4 is 0 Å². The quantitative estimate of drug-likeness (QED) is 0.135. The third kappa shape index (κ3) is 7.96. The van der Waals surface area contributed by atoms with Crippen molar-refractivity contribution in [2.45, 2.75) is 52.4 Å². The summed E-state index contributed by atoms with van der Waals surface area (Å²) in [6.07, 6.45) is 0. The van der Waals surface area contributed by atoms with E-state index >= 15 is 0 Å². The third-order valence-electron chi connectivity index (χ3n) is 13.7. The molecular formula is C66H56N2. The second kappa shape index (κ2) is 17.0. The van der Waals surface area contributed by atoms with Crippen LogP contribution in [0.3, 0.4) is 0 Å². The molecule has 0 N–H and O–H groups in total. The van der Waals surface area contributed by atoms with Crippen LogP contribution >= 0.6 is 0 Å². The van der Waals surface area contributed by atoms with Gasteiger partial charge < -0.3 is 9.13 Å². The number of aromatic nitrogens is 2. The van der Waals surface area contributed by atoms with Crippen LogP contribution in [0.2, 0.25) is 0 Å². The molecule has 0 spiro atoms. The smallest absolute Gasteiger partial charge is 0.0535 e. The zero-order valence-electron chi connectivity index (χ0n) is 39.8. The topological polar surface area (TPSA) is 9.86 Å². The summed E-state index contributed by atoms with van der Waals surface area (Å²) in [5.41, 5.74) is 19.0. The fraction of sp³-hybridized carbons (Fsp3) is 0.121. The van der Waals surface area contributed by atoms with Gasteiger partial charge in [-0.05, 0) is 149 Å². The van der Waals surface area contributed by atoms with Crippen LogP contribution in [-0.2, 0) is 10.8 Å². The largest absolute Gasteiger partial charge is 0.309 e. The Labute approximate surface area is 401 Å². The molecule has 0 saturated heterocycles. The van der Waals surface area contributed by atoms with E-state index in [9.17, 15) is 0 Å². The number of rotatable bonds is 8. The van der Waals surface area contributed by atoms with E-state index in [1.165, 1.54) is 77.2 Å². The molecule has 2 heterocycles. The molecule has 0 unspecified atom stereocenters. The Morgan fingerprint density at radius 1 is 0.265 bits per heavy atom. The highest BCUT2D eigenvalue weighted by Crippen LogP contribution is 2.43. The minimum Gasteiger partial charge on any atom is -0.309 e. The second-order valence-corrected chi connectivity index (χ2v) is 20.3. The molecule has 2 heteroatoms. The standard InChI is InChI=1S/C66H56N2/c1-65(2,3)53-31-27-45(28-32-53)59-43-55(67-61(47-19-11-7-12-20-47)35-36-62(67)48-21-13-8-14-22-48)39-51-42-58-52(41-57(51)59)40-56(44-60(58)46-29-33-54(34-30-46)66(4,5)6)68-63(49-23-15-9-16-24-49)37-38-64(68)50-25-17-10-18-26-50/h7-44H,1-6H3. The average Bonchev–Trinajstić information content (AvgIpc) is 4.02. The fourth-order valence-corrected chi connectivity index (χ4v) is 9.99. The first-order valence-corrected chi connectivity index (χ1v) is 23.9. The predicted molar refractivity (Wildman–Crippen MR) is 290 cm³/mol. The van der Waals surface area contributed by atoms with Gasteiger partial charge in [-0.15, -0.1) is 0 Å². The van der Waals surface area contributed by atoms with E-state index in [1.54, 1.807) is 0 Å². The molecule has 0 radical (unpaired) electrons. The third-order valence-corrected chi connectivity index (χ3v) is 13.7. The number of fused-ring (bicyclic) bond motifs is 2. The van der Waals surface area contributed by atoms with Crippen LogP contribution in [0.5, 0.6) is 0 Å². The highest BCUT2D eigenvalue weighted by Gasteiger charge is 2.22. The van der Waals surface area contributed by atoms with E-state index in [-0.39, 0.29) is 10.8 Å².